The van der Waals surface area contributed by atoms with Crippen LogP contribution >= 0.6 is 0 Å². The molecule has 2 aliphatic rings. The van der Waals surface area contributed by atoms with Crippen LogP contribution in [0.1, 0.15) is 26.2 Å². The van der Waals surface area contributed by atoms with Gasteiger partial charge in [0.2, 0.25) is 0 Å². The van der Waals surface area contributed by atoms with Crippen molar-refractivity contribution in [3.8, 4) is 0 Å². The van der Waals surface area contributed by atoms with Crippen molar-refractivity contribution < 1.29 is 4.79 Å². The number of amides is 1. The van der Waals surface area contributed by atoms with Crippen molar-refractivity contribution in [1.29, 1.82) is 0 Å². The summed E-state index contributed by atoms with van der Waals surface area (Å²) in [4.78, 5) is 14.2. The van der Waals surface area contributed by atoms with Gasteiger partial charge >= 0.3 is 0 Å². The third kappa shape index (κ3) is 1.52. The highest BCUT2D eigenvalue weighted by Gasteiger charge is 2.50. The van der Waals surface area contributed by atoms with E-state index in [1.165, 1.54) is 19.3 Å². The Labute approximate surface area is 104 Å². The first-order valence-electron chi connectivity index (χ1n) is 6.35. The Morgan fingerprint density at radius 1 is 1.53 bits per heavy atom. The average molecular weight is 229 g/mol. The van der Waals surface area contributed by atoms with Gasteiger partial charge in [0, 0.05) is 18.1 Å². The third-order valence-electron chi connectivity index (χ3n) is 4.50. The van der Waals surface area contributed by atoms with E-state index in [-0.39, 0.29) is 11.3 Å². The van der Waals surface area contributed by atoms with Crippen LogP contribution in [0.15, 0.2) is 36.0 Å². The molecule has 1 fully saturated rings. The number of rotatable bonds is 3. The van der Waals surface area contributed by atoms with Crippen LogP contribution in [-0.2, 0) is 4.79 Å². The lowest BCUT2D eigenvalue weighted by atomic mass is 9.57. The van der Waals surface area contributed by atoms with Gasteiger partial charge in [-0.1, -0.05) is 31.2 Å². The molecule has 2 nitrogen and oxygen atoms in total. The number of carbonyl (C=O) groups excluding carboxylic acids is 1. The smallest absolute Gasteiger partial charge is 0.254 e. The molecule has 1 aliphatic heterocycles. The second-order valence-electron chi connectivity index (χ2n) is 5.17. The summed E-state index contributed by atoms with van der Waals surface area (Å²) in [6, 6.07) is 0. The van der Waals surface area contributed by atoms with E-state index in [0.29, 0.717) is 5.92 Å². The second-order valence-corrected chi connectivity index (χ2v) is 5.17. The van der Waals surface area contributed by atoms with Gasteiger partial charge in [0.15, 0.2) is 0 Å². The van der Waals surface area contributed by atoms with Gasteiger partial charge in [-0.3, -0.25) is 4.79 Å². The molecule has 0 bridgehead atoms. The molecule has 0 N–H and O–H groups in total. The molecule has 2 rings (SSSR count). The molecule has 3 heteroatoms. The van der Waals surface area contributed by atoms with E-state index >= 15 is 0 Å². The molecular weight excluding hydrogens is 209 g/mol. The van der Waals surface area contributed by atoms with Crippen molar-refractivity contribution in [2.24, 2.45) is 5.92 Å². The van der Waals surface area contributed by atoms with Gasteiger partial charge in [-0.05, 0) is 31.3 Å². The summed E-state index contributed by atoms with van der Waals surface area (Å²) in [5.74, 6) is 0.722. The summed E-state index contributed by atoms with van der Waals surface area (Å²) < 4.78 is 0. The van der Waals surface area contributed by atoms with E-state index in [4.69, 9.17) is 0 Å². The normalized spacial score (nSPS) is 30.2. The molecule has 1 aliphatic carbocycles. The van der Waals surface area contributed by atoms with Crippen LogP contribution in [-0.4, -0.2) is 31.1 Å². The van der Waals surface area contributed by atoms with Crippen molar-refractivity contribution >= 4 is 13.8 Å². The summed E-state index contributed by atoms with van der Waals surface area (Å²) in [5, 5.41) is 0. The highest BCUT2D eigenvalue weighted by Crippen LogP contribution is 2.46. The molecule has 1 saturated carbocycles. The molecule has 0 aromatic rings. The molecule has 1 amide bonds. The maximum Gasteiger partial charge on any atom is 0.254 e. The second kappa shape index (κ2) is 4.21. The van der Waals surface area contributed by atoms with Gasteiger partial charge in [0.25, 0.3) is 5.91 Å². The quantitative estimate of drug-likeness (QED) is 0.674. The van der Waals surface area contributed by atoms with Crippen LogP contribution in [0, 0.1) is 5.92 Å². The zero-order valence-electron chi connectivity index (χ0n) is 11.0. The molecule has 17 heavy (non-hydrogen) atoms. The van der Waals surface area contributed by atoms with Gasteiger partial charge in [0.05, 0.1) is 0 Å². The van der Waals surface area contributed by atoms with E-state index in [0.717, 1.165) is 11.1 Å². The molecule has 1 unspecified atom stereocenters. The monoisotopic (exact) mass is 229 g/mol. The standard InChI is InChI=1S/C14H20BNO/c1-4-7-11-12(5-2)14(15,10-8-6-9-10)16(3)13(11)17/h4-5,7,10H,2,6,8-9,15H2,1,3H3/b7-4-. The van der Waals surface area contributed by atoms with E-state index in [9.17, 15) is 4.79 Å². The average Bonchev–Trinajstić information content (AvgIpc) is 2.39. The van der Waals surface area contributed by atoms with Crippen LogP contribution in [0.4, 0.5) is 0 Å². The lowest BCUT2D eigenvalue weighted by molar-refractivity contribution is -0.127. The molecule has 0 aromatic heterocycles. The van der Waals surface area contributed by atoms with E-state index in [2.05, 4.69) is 14.4 Å². The van der Waals surface area contributed by atoms with Crippen molar-refractivity contribution in [2.45, 2.75) is 31.6 Å². The van der Waals surface area contributed by atoms with Crippen molar-refractivity contribution in [3.63, 3.8) is 0 Å². The first-order chi connectivity index (χ1) is 8.07. The van der Waals surface area contributed by atoms with Gasteiger partial charge in [0.1, 0.15) is 7.85 Å². The fourth-order valence-corrected chi connectivity index (χ4v) is 3.07. The Kier molecular flexibility index (Phi) is 3.02. The van der Waals surface area contributed by atoms with Crippen molar-refractivity contribution in [3.05, 3.63) is 36.0 Å². The number of hydrogen-bond acceptors (Lipinski definition) is 1. The minimum Gasteiger partial charge on any atom is -0.339 e. The first-order valence-corrected chi connectivity index (χ1v) is 6.35. The predicted molar refractivity (Wildman–Crippen MR) is 73.4 cm³/mol. The molecule has 0 radical (unpaired) electrons. The Morgan fingerprint density at radius 3 is 2.59 bits per heavy atom. The Balaban J connectivity index is 2.51. The molecule has 0 spiro atoms. The molecular formula is C14H20BNO. The Hall–Kier alpha value is -1.25. The first kappa shape index (κ1) is 12.2. The highest BCUT2D eigenvalue weighted by atomic mass is 16.2. The molecule has 1 heterocycles. The van der Waals surface area contributed by atoms with Crippen LogP contribution in [0.5, 0.6) is 0 Å². The number of likely N-dealkylation sites (N-methyl/N-ethyl adjacent to an activating group) is 1. The van der Waals surface area contributed by atoms with Gasteiger partial charge in [-0.25, -0.2) is 0 Å². The van der Waals surface area contributed by atoms with Gasteiger partial charge < -0.3 is 4.90 Å². The minimum absolute atomic E-state index is 0.132. The van der Waals surface area contributed by atoms with Crippen molar-refractivity contribution in [1.82, 2.24) is 4.90 Å². The zero-order chi connectivity index (χ0) is 12.6. The van der Waals surface area contributed by atoms with Crippen LogP contribution in [0.2, 0.25) is 0 Å². The summed E-state index contributed by atoms with van der Waals surface area (Å²) >= 11 is 0. The lowest BCUT2D eigenvalue weighted by Crippen LogP contribution is -2.54. The number of carbonyl (C=O) groups is 1. The SMILES string of the molecule is BC1(C2CCC2)C(C=C)=C(/C=C\C)C(=O)N1C. The summed E-state index contributed by atoms with van der Waals surface area (Å²) in [6.45, 7) is 5.85. The Bertz CT molecular complexity index is 420. The van der Waals surface area contributed by atoms with Crippen LogP contribution in [0.25, 0.3) is 0 Å². The van der Waals surface area contributed by atoms with Gasteiger partial charge in [-0.15, -0.1) is 0 Å². The number of nitrogens with zero attached hydrogens (tertiary/aromatic N) is 1. The number of hydrogen-bond donors (Lipinski definition) is 0. The van der Waals surface area contributed by atoms with E-state index in [1.807, 2.05) is 37.1 Å². The third-order valence-corrected chi connectivity index (χ3v) is 4.50. The van der Waals surface area contributed by atoms with Crippen LogP contribution in [0.3, 0.4) is 0 Å². The topological polar surface area (TPSA) is 20.3 Å². The largest absolute Gasteiger partial charge is 0.339 e. The maximum absolute atomic E-state index is 12.3. The summed E-state index contributed by atoms with van der Waals surface area (Å²) in [5.41, 5.74) is 1.78. The molecule has 90 valence electrons. The predicted octanol–water partition coefficient (Wildman–Crippen LogP) is 1.65. The van der Waals surface area contributed by atoms with E-state index < -0.39 is 0 Å². The Morgan fingerprint density at radius 2 is 2.18 bits per heavy atom. The van der Waals surface area contributed by atoms with Gasteiger partial charge in [-0.2, -0.15) is 0 Å². The fraction of sp³-hybridized carbons (Fsp3) is 0.500. The van der Waals surface area contributed by atoms with E-state index in [1.54, 1.807) is 0 Å². The molecule has 1 atom stereocenters. The maximum atomic E-state index is 12.3. The summed E-state index contributed by atoms with van der Waals surface area (Å²) in [7, 11) is 4.10. The molecule has 0 saturated heterocycles. The lowest BCUT2D eigenvalue weighted by Gasteiger charge is -2.46. The zero-order valence-corrected chi connectivity index (χ0v) is 11.0. The van der Waals surface area contributed by atoms with Crippen LogP contribution < -0.4 is 0 Å². The summed E-state index contributed by atoms with van der Waals surface area (Å²) in [6.07, 6.45) is 9.43. The number of allylic oxidation sites excluding steroid dienone is 1. The van der Waals surface area contributed by atoms with Crippen molar-refractivity contribution in [2.75, 3.05) is 7.05 Å². The minimum atomic E-state index is -0.147. The molecule has 0 aromatic carbocycles. The fourth-order valence-electron chi connectivity index (χ4n) is 3.07. The highest BCUT2D eigenvalue weighted by molar-refractivity contribution is 6.23.